The fourth-order valence-electron chi connectivity index (χ4n) is 3.83. The number of ether oxygens (including phenoxy) is 1. The van der Waals surface area contributed by atoms with Crippen LogP contribution in [0.5, 0.6) is 5.75 Å². The summed E-state index contributed by atoms with van der Waals surface area (Å²) in [6.45, 7) is 0.704. The molecule has 3 aromatic rings. The maximum absolute atomic E-state index is 13.0. The number of H-pyrrole nitrogens is 1. The molecule has 0 saturated heterocycles. The molecule has 6 heteroatoms. The molecule has 4 nitrogen and oxygen atoms in total. The third-order valence-electron chi connectivity index (χ3n) is 4.93. The zero-order valence-electron chi connectivity index (χ0n) is 14.5. The number of pyridine rings is 1. The number of nitrogens with one attached hydrogen (secondary N) is 1. The van der Waals surface area contributed by atoms with Crippen molar-refractivity contribution >= 4 is 10.9 Å². The van der Waals surface area contributed by atoms with Crippen LogP contribution in [-0.4, -0.2) is 15.7 Å². The molecular weight excluding hydrogens is 338 g/mol. The van der Waals surface area contributed by atoms with E-state index in [1.54, 1.807) is 18.3 Å². The zero-order chi connectivity index (χ0) is 18.3. The molecule has 1 N–H and O–H groups in total. The lowest BCUT2D eigenvalue weighted by Crippen LogP contribution is -2.18. The van der Waals surface area contributed by atoms with Crippen LogP contribution in [0.25, 0.3) is 22.0 Å². The van der Waals surface area contributed by atoms with E-state index in [0.717, 1.165) is 29.5 Å². The summed E-state index contributed by atoms with van der Waals surface area (Å²) < 4.78 is 32.8. The Bertz CT molecular complexity index is 978. The molecule has 0 aliphatic heterocycles. The van der Waals surface area contributed by atoms with E-state index < -0.39 is 6.11 Å². The maximum Gasteiger partial charge on any atom is 0.394 e. The minimum Gasteiger partial charge on any atom is -0.433 e. The smallest absolute Gasteiger partial charge is 0.394 e. The van der Waals surface area contributed by atoms with Crippen molar-refractivity contribution in [2.45, 2.75) is 44.8 Å². The van der Waals surface area contributed by atoms with E-state index in [1.807, 2.05) is 12.3 Å². The number of rotatable bonds is 4. The van der Waals surface area contributed by atoms with Crippen LogP contribution < -0.4 is 10.3 Å². The van der Waals surface area contributed by atoms with Gasteiger partial charge in [-0.25, -0.2) is 0 Å². The lowest BCUT2D eigenvalue weighted by atomic mass is 10.1. The summed E-state index contributed by atoms with van der Waals surface area (Å²) in [7, 11) is 0. The average molecular weight is 358 g/mol. The molecular formula is C20H20F2N2O2. The van der Waals surface area contributed by atoms with Crippen molar-refractivity contribution in [2.75, 3.05) is 0 Å². The highest BCUT2D eigenvalue weighted by molar-refractivity contribution is 5.95. The first-order valence-corrected chi connectivity index (χ1v) is 8.82. The van der Waals surface area contributed by atoms with Crippen molar-refractivity contribution in [1.82, 2.24) is 9.55 Å². The first kappa shape index (κ1) is 16.8. The second-order valence-electron chi connectivity index (χ2n) is 6.89. The van der Waals surface area contributed by atoms with Gasteiger partial charge in [-0.2, -0.15) is 8.78 Å². The third-order valence-corrected chi connectivity index (χ3v) is 4.93. The second kappa shape index (κ2) is 6.27. The van der Waals surface area contributed by atoms with E-state index in [-0.39, 0.29) is 11.3 Å². The van der Waals surface area contributed by atoms with E-state index in [9.17, 15) is 13.6 Å². The highest BCUT2D eigenvalue weighted by atomic mass is 19.3. The van der Waals surface area contributed by atoms with Crippen molar-refractivity contribution in [3.05, 3.63) is 53.1 Å². The second-order valence-corrected chi connectivity index (χ2v) is 6.89. The maximum atomic E-state index is 13.0. The summed E-state index contributed by atoms with van der Waals surface area (Å²) in [4.78, 5) is 15.2. The summed E-state index contributed by atoms with van der Waals surface area (Å²) in [6, 6.07) is 8.75. The first-order valence-electron chi connectivity index (χ1n) is 8.82. The molecule has 1 aromatic carbocycles. The molecule has 0 bridgehead atoms. The number of fused-ring (bicyclic) bond motifs is 1. The van der Waals surface area contributed by atoms with Gasteiger partial charge in [0.2, 0.25) is 0 Å². The van der Waals surface area contributed by atoms with E-state index in [1.165, 1.54) is 25.0 Å². The fraction of sp³-hybridized carbons (Fsp3) is 0.350. The standard InChI is InChI=1S/C20H20F2N2O2/c1-20(21,22)26-15-8-6-13(7-9-15)16-12-24(14-4-2-3-5-14)17-10-11-23-19(25)18(16)17/h6-12,14H,2-5H2,1H3,(H,23,25). The molecule has 0 radical (unpaired) electrons. The van der Waals surface area contributed by atoms with Gasteiger partial charge in [-0.1, -0.05) is 25.0 Å². The molecule has 1 fully saturated rings. The van der Waals surface area contributed by atoms with Crippen LogP contribution in [0.15, 0.2) is 47.5 Å². The van der Waals surface area contributed by atoms with Gasteiger partial charge in [0.15, 0.2) is 0 Å². The number of aromatic nitrogens is 2. The molecule has 0 atom stereocenters. The molecule has 26 heavy (non-hydrogen) atoms. The highest BCUT2D eigenvalue weighted by Gasteiger charge is 2.24. The zero-order valence-corrected chi connectivity index (χ0v) is 14.5. The number of hydrogen-bond donors (Lipinski definition) is 1. The fourth-order valence-corrected chi connectivity index (χ4v) is 3.83. The molecule has 0 unspecified atom stereocenters. The minimum atomic E-state index is -3.23. The number of nitrogens with zero attached hydrogens (tertiary/aromatic N) is 1. The van der Waals surface area contributed by atoms with Gasteiger partial charge in [-0.05, 0) is 36.6 Å². The van der Waals surface area contributed by atoms with Crippen molar-refractivity contribution in [2.24, 2.45) is 0 Å². The summed E-state index contributed by atoms with van der Waals surface area (Å²) in [6.07, 6.45) is 5.06. The van der Waals surface area contributed by atoms with Crippen LogP contribution >= 0.6 is 0 Å². The van der Waals surface area contributed by atoms with Crippen LogP contribution in [0, 0.1) is 0 Å². The Balaban J connectivity index is 1.80. The molecule has 1 saturated carbocycles. The molecule has 2 aromatic heterocycles. The number of hydrogen-bond acceptors (Lipinski definition) is 2. The quantitative estimate of drug-likeness (QED) is 0.705. The van der Waals surface area contributed by atoms with Crippen molar-refractivity contribution < 1.29 is 13.5 Å². The largest absolute Gasteiger partial charge is 0.433 e. The molecule has 1 aliphatic rings. The van der Waals surface area contributed by atoms with Gasteiger partial charge in [0.05, 0.1) is 10.9 Å². The topological polar surface area (TPSA) is 47.0 Å². The van der Waals surface area contributed by atoms with Crippen molar-refractivity contribution in [1.29, 1.82) is 0 Å². The monoisotopic (exact) mass is 358 g/mol. The van der Waals surface area contributed by atoms with Gasteiger partial charge in [-0.15, -0.1) is 0 Å². The van der Waals surface area contributed by atoms with Crippen LogP contribution in [0.3, 0.4) is 0 Å². The SMILES string of the molecule is CC(F)(F)Oc1ccc(-c2cn(C3CCCC3)c3cc[nH]c(=O)c23)cc1. The van der Waals surface area contributed by atoms with Crippen LogP contribution in [0.2, 0.25) is 0 Å². The molecule has 1 aliphatic carbocycles. The first-order chi connectivity index (χ1) is 12.4. The minimum absolute atomic E-state index is 0.0923. The molecule has 136 valence electrons. The van der Waals surface area contributed by atoms with Gasteiger partial charge >= 0.3 is 6.11 Å². The Morgan fingerprint density at radius 2 is 1.85 bits per heavy atom. The molecule has 4 rings (SSSR count). The number of aromatic amines is 1. The van der Waals surface area contributed by atoms with Crippen LogP contribution in [0.4, 0.5) is 8.78 Å². The Morgan fingerprint density at radius 1 is 1.15 bits per heavy atom. The molecule has 0 spiro atoms. The lowest BCUT2D eigenvalue weighted by Gasteiger charge is -2.13. The van der Waals surface area contributed by atoms with E-state index in [2.05, 4.69) is 14.3 Å². The van der Waals surface area contributed by atoms with Crippen LogP contribution in [-0.2, 0) is 0 Å². The van der Waals surface area contributed by atoms with Gasteiger partial charge in [0.25, 0.3) is 5.56 Å². The van der Waals surface area contributed by atoms with Gasteiger partial charge < -0.3 is 14.3 Å². The number of alkyl halides is 2. The summed E-state index contributed by atoms with van der Waals surface area (Å²) in [5.74, 6) is 0.0923. The molecule has 0 amide bonds. The third kappa shape index (κ3) is 3.11. The number of benzene rings is 1. The van der Waals surface area contributed by atoms with Crippen molar-refractivity contribution in [3.8, 4) is 16.9 Å². The van der Waals surface area contributed by atoms with E-state index in [0.29, 0.717) is 18.4 Å². The lowest BCUT2D eigenvalue weighted by molar-refractivity contribution is -0.158. The van der Waals surface area contributed by atoms with Gasteiger partial charge in [0, 0.05) is 30.9 Å². The van der Waals surface area contributed by atoms with E-state index >= 15 is 0 Å². The van der Waals surface area contributed by atoms with Crippen LogP contribution in [0.1, 0.15) is 38.6 Å². The summed E-state index contributed by atoms with van der Waals surface area (Å²) in [5.41, 5.74) is 2.38. The normalized spacial score (nSPS) is 15.7. The number of halogens is 2. The van der Waals surface area contributed by atoms with E-state index in [4.69, 9.17) is 0 Å². The predicted molar refractivity (Wildman–Crippen MR) is 96.7 cm³/mol. The highest BCUT2D eigenvalue weighted by Crippen LogP contribution is 2.37. The Hall–Kier alpha value is -2.63. The van der Waals surface area contributed by atoms with Gasteiger partial charge in [-0.3, -0.25) is 4.79 Å². The van der Waals surface area contributed by atoms with Crippen molar-refractivity contribution in [3.63, 3.8) is 0 Å². The summed E-state index contributed by atoms with van der Waals surface area (Å²) >= 11 is 0. The predicted octanol–water partition coefficient (Wildman–Crippen LogP) is 5.10. The Kier molecular flexibility index (Phi) is 4.05. The Labute approximate surface area is 149 Å². The Morgan fingerprint density at radius 3 is 2.50 bits per heavy atom. The average Bonchev–Trinajstić information content (AvgIpc) is 3.22. The summed E-state index contributed by atoms with van der Waals surface area (Å²) in [5, 5.41) is 0.633. The van der Waals surface area contributed by atoms with Gasteiger partial charge in [0.1, 0.15) is 5.75 Å². The molecule has 2 heterocycles.